The standard InChI is InChI=1S/C25H23BrF2N4O3/c1-32(2)20-10-11-21(16-7-4-3-6-15(16)20)35-24-17(26)12-14(13-29-24)30-25(34)31-23(33)22-18(27)8-5-9-19(22)28/h5,8-13H,3-4,6-7H2,1-2H3,(H2,30,31,33,34). The van der Waals surface area contributed by atoms with Gasteiger partial charge in [-0.1, -0.05) is 6.07 Å². The highest BCUT2D eigenvalue weighted by Crippen LogP contribution is 2.39. The van der Waals surface area contributed by atoms with Gasteiger partial charge in [-0.3, -0.25) is 10.1 Å². The van der Waals surface area contributed by atoms with Crippen LogP contribution in [0.2, 0.25) is 0 Å². The van der Waals surface area contributed by atoms with Crippen LogP contribution in [0.1, 0.15) is 34.3 Å². The average Bonchev–Trinajstić information content (AvgIpc) is 2.80. The topological polar surface area (TPSA) is 83.6 Å². The molecule has 0 bridgehead atoms. The summed E-state index contributed by atoms with van der Waals surface area (Å²) in [6.45, 7) is 0. The number of carbonyl (C=O) groups excluding carboxylic acids is 2. The Morgan fingerprint density at radius 1 is 1.06 bits per heavy atom. The minimum atomic E-state index is -1.20. The first-order chi connectivity index (χ1) is 16.7. The number of hydrogen-bond acceptors (Lipinski definition) is 5. The summed E-state index contributed by atoms with van der Waals surface area (Å²) in [4.78, 5) is 30.6. The van der Waals surface area contributed by atoms with Crippen molar-refractivity contribution in [3.63, 3.8) is 0 Å². The largest absolute Gasteiger partial charge is 0.438 e. The number of halogens is 3. The lowest BCUT2D eigenvalue weighted by Crippen LogP contribution is -2.35. The number of aromatic nitrogens is 1. The normalized spacial score (nSPS) is 12.5. The summed E-state index contributed by atoms with van der Waals surface area (Å²) in [7, 11) is 4.04. The van der Waals surface area contributed by atoms with E-state index < -0.39 is 29.1 Å². The quantitative estimate of drug-likeness (QED) is 0.422. The van der Waals surface area contributed by atoms with Gasteiger partial charge in [-0.15, -0.1) is 0 Å². The molecule has 10 heteroatoms. The summed E-state index contributed by atoms with van der Waals surface area (Å²) in [5.74, 6) is -2.29. The van der Waals surface area contributed by atoms with Crippen molar-refractivity contribution in [3.8, 4) is 11.6 Å². The van der Waals surface area contributed by atoms with Crippen molar-refractivity contribution in [1.82, 2.24) is 10.3 Å². The highest BCUT2D eigenvalue weighted by atomic mass is 79.9. The van der Waals surface area contributed by atoms with E-state index in [1.54, 1.807) is 6.07 Å². The molecule has 0 fully saturated rings. The van der Waals surface area contributed by atoms with Gasteiger partial charge in [-0.25, -0.2) is 18.6 Å². The van der Waals surface area contributed by atoms with Gasteiger partial charge in [0.25, 0.3) is 5.91 Å². The second kappa shape index (κ2) is 10.4. The van der Waals surface area contributed by atoms with Crippen LogP contribution in [0.3, 0.4) is 0 Å². The maximum atomic E-state index is 13.8. The molecule has 3 aromatic rings. The van der Waals surface area contributed by atoms with E-state index in [-0.39, 0.29) is 5.69 Å². The van der Waals surface area contributed by atoms with E-state index in [4.69, 9.17) is 4.74 Å². The number of fused-ring (bicyclic) bond motifs is 1. The van der Waals surface area contributed by atoms with Crippen LogP contribution in [-0.4, -0.2) is 31.0 Å². The lowest BCUT2D eigenvalue weighted by molar-refractivity contribution is 0.0959. The van der Waals surface area contributed by atoms with E-state index in [1.807, 2.05) is 31.5 Å². The predicted octanol–water partition coefficient (Wildman–Crippen LogP) is 5.82. The smallest absolute Gasteiger partial charge is 0.326 e. The molecule has 2 aromatic carbocycles. The summed E-state index contributed by atoms with van der Waals surface area (Å²) in [6.07, 6.45) is 5.48. The van der Waals surface area contributed by atoms with Crippen molar-refractivity contribution in [2.24, 2.45) is 0 Å². The maximum absolute atomic E-state index is 13.8. The van der Waals surface area contributed by atoms with Crippen LogP contribution in [0.4, 0.5) is 25.0 Å². The number of rotatable bonds is 5. The summed E-state index contributed by atoms with van der Waals surface area (Å²) >= 11 is 3.40. The van der Waals surface area contributed by atoms with Gasteiger partial charge < -0.3 is 15.0 Å². The second-order valence-electron chi connectivity index (χ2n) is 8.26. The lowest BCUT2D eigenvalue weighted by atomic mass is 9.89. The zero-order chi connectivity index (χ0) is 25.1. The Kier molecular flexibility index (Phi) is 7.30. The Labute approximate surface area is 209 Å². The lowest BCUT2D eigenvalue weighted by Gasteiger charge is -2.25. The van der Waals surface area contributed by atoms with Crippen molar-refractivity contribution in [2.75, 3.05) is 24.3 Å². The molecule has 35 heavy (non-hydrogen) atoms. The highest BCUT2D eigenvalue weighted by Gasteiger charge is 2.21. The number of nitrogens with zero attached hydrogens (tertiary/aromatic N) is 2. The van der Waals surface area contributed by atoms with Crippen LogP contribution in [0.15, 0.2) is 47.1 Å². The fourth-order valence-electron chi connectivity index (χ4n) is 4.05. The van der Waals surface area contributed by atoms with Gasteiger partial charge in [0, 0.05) is 25.3 Å². The van der Waals surface area contributed by atoms with Crippen LogP contribution in [0.25, 0.3) is 0 Å². The van der Waals surface area contributed by atoms with Gasteiger partial charge in [0.2, 0.25) is 5.88 Å². The van der Waals surface area contributed by atoms with Gasteiger partial charge in [0.05, 0.1) is 16.4 Å². The number of amides is 3. The summed E-state index contributed by atoms with van der Waals surface area (Å²) in [6, 6.07) is 7.54. The van der Waals surface area contributed by atoms with Crippen LogP contribution < -0.4 is 20.3 Å². The number of ether oxygens (including phenoxy) is 1. The van der Waals surface area contributed by atoms with Gasteiger partial charge in [-0.2, -0.15) is 0 Å². The number of imide groups is 1. The van der Waals surface area contributed by atoms with Crippen molar-refractivity contribution >= 4 is 39.2 Å². The number of hydrogen-bond donors (Lipinski definition) is 2. The first-order valence-electron chi connectivity index (χ1n) is 11.0. The van der Waals surface area contributed by atoms with Crippen molar-refractivity contribution in [3.05, 3.63) is 75.4 Å². The first kappa shape index (κ1) is 24.6. The molecular weight excluding hydrogens is 522 g/mol. The number of urea groups is 1. The van der Waals surface area contributed by atoms with Crippen LogP contribution in [0, 0.1) is 11.6 Å². The first-order valence-corrected chi connectivity index (χ1v) is 11.8. The molecule has 1 heterocycles. The minimum Gasteiger partial charge on any atom is -0.438 e. The molecule has 3 amide bonds. The highest BCUT2D eigenvalue weighted by molar-refractivity contribution is 9.10. The van der Waals surface area contributed by atoms with Crippen LogP contribution in [-0.2, 0) is 12.8 Å². The van der Waals surface area contributed by atoms with Crippen molar-refractivity contribution in [1.29, 1.82) is 0 Å². The van der Waals surface area contributed by atoms with Gasteiger partial charge in [0.1, 0.15) is 22.9 Å². The Hall–Kier alpha value is -3.53. The molecule has 0 aliphatic heterocycles. The van der Waals surface area contributed by atoms with E-state index in [2.05, 4.69) is 31.1 Å². The Morgan fingerprint density at radius 3 is 2.40 bits per heavy atom. The molecule has 0 atom stereocenters. The molecule has 4 rings (SSSR count). The third kappa shape index (κ3) is 5.43. The van der Waals surface area contributed by atoms with Crippen molar-refractivity contribution < 1.29 is 23.1 Å². The Bertz CT molecular complexity index is 1280. The summed E-state index contributed by atoms with van der Waals surface area (Å²) < 4.78 is 34.1. The number of anilines is 2. The zero-order valence-corrected chi connectivity index (χ0v) is 20.7. The SMILES string of the molecule is CN(C)c1ccc(Oc2ncc(NC(=O)NC(=O)c3c(F)cccc3F)cc2Br)c2c1CCCC2. The van der Waals surface area contributed by atoms with E-state index in [9.17, 15) is 18.4 Å². The molecular formula is C25H23BrF2N4O3. The number of nitrogens with one attached hydrogen (secondary N) is 2. The van der Waals surface area contributed by atoms with E-state index >= 15 is 0 Å². The van der Waals surface area contributed by atoms with Gasteiger partial charge in [0.15, 0.2) is 0 Å². The number of carbonyl (C=O) groups is 2. The fraction of sp³-hybridized carbons (Fsp3) is 0.240. The van der Waals surface area contributed by atoms with E-state index in [1.165, 1.54) is 17.4 Å². The predicted molar refractivity (Wildman–Crippen MR) is 132 cm³/mol. The molecule has 0 saturated carbocycles. The van der Waals surface area contributed by atoms with Crippen LogP contribution >= 0.6 is 15.9 Å². The van der Waals surface area contributed by atoms with E-state index in [0.29, 0.717) is 10.4 Å². The molecule has 7 nitrogen and oxygen atoms in total. The maximum Gasteiger partial charge on any atom is 0.326 e. The molecule has 0 radical (unpaired) electrons. The molecule has 1 aliphatic rings. The molecule has 182 valence electrons. The third-order valence-corrected chi connectivity index (χ3v) is 6.21. The fourth-order valence-corrected chi connectivity index (χ4v) is 4.48. The third-order valence-electron chi connectivity index (χ3n) is 5.64. The van der Waals surface area contributed by atoms with Crippen molar-refractivity contribution in [2.45, 2.75) is 25.7 Å². The molecule has 0 spiro atoms. The average molecular weight is 545 g/mol. The summed E-state index contributed by atoms with van der Waals surface area (Å²) in [5, 5.41) is 4.32. The summed E-state index contributed by atoms with van der Waals surface area (Å²) in [5.41, 5.74) is 3.02. The molecule has 1 aliphatic carbocycles. The molecule has 1 aromatic heterocycles. The molecule has 0 unspecified atom stereocenters. The Morgan fingerprint density at radius 2 is 1.74 bits per heavy atom. The second-order valence-corrected chi connectivity index (χ2v) is 9.11. The molecule has 0 saturated heterocycles. The Balaban J connectivity index is 1.47. The molecule has 2 N–H and O–H groups in total. The minimum absolute atomic E-state index is 0.244. The number of pyridine rings is 1. The monoisotopic (exact) mass is 544 g/mol. The van der Waals surface area contributed by atoms with Crippen LogP contribution in [0.5, 0.6) is 11.6 Å². The zero-order valence-electron chi connectivity index (χ0n) is 19.1. The van der Waals surface area contributed by atoms with Gasteiger partial charge in [-0.05, 0) is 77.5 Å². The van der Waals surface area contributed by atoms with Gasteiger partial charge >= 0.3 is 6.03 Å². The number of benzene rings is 2. The van der Waals surface area contributed by atoms with E-state index in [0.717, 1.165) is 55.2 Å².